The highest BCUT2D eigenvalue weighted by Gasteiger charge is 2.36. The highest BCUT2D eigenvalue weighted by atomic mass is 16.7. The quantitative estimate of drug-likeness (QED) is 0.841. The lowest BCUT2D eigenvalue weighted by molar-refractivity contribution is -0.136. The number of carbonyl (C=O) groups excluding carboxylic acids is 2. The molecule has 3 aliphatic rings. The van der Waals surface area contributed by atoms with Crippen LogP contribution in [0.2, 0.25) is 0 Å². The van der Waals surface area contributed by atoms with Crippen LogP contribution >= 0.6 is 0 Å². The minimum atomic E-state index is -0.365. The number of likely N-dealkylation sites (tertiary alicyclic amines) is 1. The van der Waals surface area contributed by atoms with Crippen LogP contribution in [0.15, 0.2) is 18.2 Å². The predicted molar refractivity (Wildman–Crippen MR) is 95.8 cm³/mol. The maximum Gasteiger partial charge on any atom is 0.243 e. The van der Waals surface area contributed by atoms with Crippen LogP contribution in [0.3, 0.4) is 0 Å². The number of fused-ring (bicyclic) bond motifs is 1. The van der Waals surface area contributed by atoms with Gasteiger partial charge >= 0.3 is 0 Å². The molecule has 1 aromatic rings. The largest absolute Gasteiger partial charge is 0.454 e. The van der Waals surface area contributed by atoms with Gasteiger partial charge in [-0.15, -0.1) is 0 Å². The zero-order valence-corrected chi connectivity index (χ0v) is 15.0. The third-order valence-corrected chi connectivity index (χ3v) is 5.62. The van der Waals surface area contributed by atoms with Crippen molar-refractivity contribution in [2.75, 3.05) is 6.79 Å². The van der Waals surface area contributed by atoms with Gasteiger partial charge in [0.25, 0.3) is 0 Å². The van der Waals surface area contributed by atoms with E-state index in [9.17, 15) is 9.59 Å². The molecule has 0 bridgehead atoms. The number of rotatable bonds is 4. The Balaban J connectivity index is 1.42. The first-order valence-electron chi connectivity index (χ1n) is 9.69. The summed E-state index contributed by atoms with van der Waals surface area (Å²) < 4.78 is 10.7. The lowest BCUT2D eigenvalue weighted by atomic mass is 10.1. The normalized spacial score (nSPS) is 23.2. The van der Waals surface area contributed by atoms with Gasteiger partial charge in [0.1, 0.15) is 6.04 Å². The second-order valence-electron chi connectivity index (χ2n) is 7.46. The summed E-state index contributed by atoms with van der Waals surface area (Å²) in [7, 11) is 0. The lowest BCUT2D eigenvalue weighted by Crippen LogP contribution is -2.47. The van der Waals surface area contributed by atoms with E-state index in [0.717, 1.165) is 24.2 Å². The summed E-state index contributed by atoms with van der Waals surface area (Å²) in [6.07, 6.45) is 8.00. The fraction of sp³-hybridized carbons (Fsp3) is 0.600. The minimum absolute atomic E-state index is 0.00323. The number of nitrogens with one attached hydrogen (secondary N) is 1. The average molecular weight is 358 g/mol. The van der Waals surface area contributed by atoms with Crippen molar-refractivity contribution in [1.29, 1.82) is 0 Å². The molecule has 0 aromatic heterocycles. The van der Waals surface area contributed by atoms with Crippen molar-refractivity contribution < 1.29 is 19.1 Å². The predicted octanol–water partition coefficient (Wildman–Crippen LogP) is 2.75. The summed E-state index contributed by atoms with van der Waals surface area (Å²) in [6.45, 7) is 0.659. The van der Waals surface area contributed by atoms with Crippen LogP contribution < -0.4 is 14.8 Å². The molecule has 2 amide bonds. The number of amides is 2. The Hall–Kier alpha value is -2.24. The fourth-order valence-electron chi connectivity index (χ4n) is 4.16. The van der Waals surface area contributed by atoms with E-state index in [1.165, 1.54) is 25.7 Å². The molecule has 2 heterocycles. The molecule has 4 rings (SSSR count). The molecule has 6 nitrogen and oxygen atoms in total. The monoisotopic (exact) mass is 358 g/mol. The molecular weight excluding hydrogens is 332 g/mol. The fourth-order valence-corrected chi connectivity index (χ4v) is 4.16. The van der Waals surface area contributed by atoms with E-state index in [1.54, 1.807) is 4.90 Å². The SMILES string of the molecule is O=C(NC1CCCCCC1)C1CCC(=O)N1Cc1ccc2c(c1)OCO2. The molecule has 6 heteroatoms. The van der Waals surface area contributed by atoms with Gasteiger partial charge in [0, 0.05) is 19.0 Å². The van der Waals surface area contributed by atoms with Crippen molar-refractivity contribution in [2.24, 2.45) is 0 Å². The molecule has 2 fully saturated rings. The van der Waals surface area contributed by atoms with Crippen molar-refractivity contribution >= 4 is 11.8 Å². The first-order valence-corrected chi connectivity index (χ1v) is 9.69. The van der Waals surface area contributed by atoms with Gasteiger partial charge in [-0.2, -0.15) is 0 Å². The number of nitrogens with zero attached hydrogens (tertiary/aromatic N) is 1. The maximum absolute atomic E-state index is 12.8. The van der Waals surface area contributed by atoms with E-state index in [0.29, 0.717) is 25.1 Å². The molecule has 1 N–H and O–H groups in total. The number of hydrogen-bond donors (Lipinski definition) is 1. The molecule has 2 aliphatic heterocycles. The molecule has 0 spiro atoms. The molecule has 140 valence electrons. The zero-order valence-electron chi connectivity index (χ0n) is 15.0. The van der Waals surface area contributed by atoms with Gasteiger partial charge in [0.2, 0.25) is 18.6 Å². The van der Waals surface area contributed by atoms with Gasteiger partial charge in [-0.3, -0.25) is 9.59 Å². The Bertz CT molecular complexity index is 682. The Morgan fingerprint density at radius 1 is 1.08 bits per heavy atom. The number of benzene rings is 1. The zero-order chi connectivity index (χ0) is 17.9. The second kappa shape index (κ2) is 7.56. The molecule has 1 aliphatic carbocycles. The van der Waals surface area contributed by atoms with Crippen LogP contribution in [0.1, 0.15) is 56.9 Å². The third kappa shape index (κ3) is 3.64. The van der Waals surface area contributed by atoms with E-state index in [-0.39, 0.29) is 30.7 Å². The smallest absolute Gasteiger partial charge is 0.243 e. The first kappa shape index (κ1) is 17.2. The Morgan fingerprint density at radius 2 is 1.85 bits per heavy atom. The van der Waals surface area contributed by atoms with E-state index in [1.807, 2.05) is 18.2 Å². The minimum Gasteiger partial charge on any atom is -0.454 e. The molecule has 0 radical (unpaired) electrons. The summed E-state index contributed by atoms with van der Waals surface area (Å²) in [6, 6.07) is 5.58. The van der Waals surface area contributed by atoms with E-state index < -0.39 is 0 Å². The van der Waals surface area contributed by atoms with Gasteiger partial charge in [0.15, 0.2) is 11.5 Å². The second-order valence-corrected chi connectivity index (χ2v) is 7.46. The third-order valence-electron chi connectivity index (χ3n) is 5.62. The number of carbonyl (C=O) groups is 2. The summed E-state index contributed by atoms with van der Waals surface area (Å²) in [4.78, 5) is 26.9. The van der Waals surface area contributed by atoms with Gasteiger partial charge in [-0.25, -0.2) is 0 Å². The first-order chi connectivity index (χ1) is 12.7. The van der Waals surface area contributed by atoms with Crippen LogP contribution in [0.25, 0.3) is 0 Å². The summed E-state index contributed by atoms with van der Waals surface area (Å²) in [5.41, 5.74) is 0.955. The van der Waals surface area contributed by atoms with Gasteiger partial charge < -0.3 is 19.7 Å². The molecule has 1 saturated heterocycles. The van der Waals surface area contributed by atoms with Gasteiger partial charge in [-0.1, -0.05) is 31.7 Å². The van der Waals surface area contributed by atoms with Crippen molar-refractivity contribution in [2.45, 2.75) is 70.0 Å². The summed E-state index contributed by atoms with van der Waals surface area (Å²) >= 11 is 0. The van der Waals surface area contributed by atoms with E-state index in [4.69, 9.17) is 9.47 Å². The Labute approximate surface area is 153 Å². The van der Waals surface area contributed by atoms with E-state index in [2.05, 4.69) is 5.32 Å². The highest BCUT2D eigenvalue weighted by molar-refractivity contribution is 5.91. The van der Waals surface area contributed by atoms with Crippen LogP contribution in [0.4, 0.5) is 0 Å². The number of ether oxygens (including phenoxy) is 2. The standard InChI is InChI=1S/C20H26N2O4/c23-19-10-8-16(20(24)21-15-5-3-1-2-4-6-15)22(19)12-14-7-9-17-18(11-14)26-13-25-17/h7,9,11,15-16H,1-6,8,10,12-13H2,(H,21,24). The van der Waals surface area contributed by atoms with Gasteiger partial charge in [0.05, 0.1) is 0 Å². The topological polar surface area (TPSA) is 67.9 Å². The van der Waals surface area contributed by atoms with Crippen molar-refractivity contribution in [1.82, 2.24) is 10.2 Å². The van der Waals surface area contributed by atoms with Crippen LogP contribution in [-0.2, 0) is 16.1 Å². The maximum atomic E-state index is 12.8. The summed E-state index contributed by atoms with van der Waals surface area (Å²) in [5.74, 6) is 1.48. The number of hydrogen-bond acceptors (Lipinski definition) is 4. The molecule has 1 unspecified atom stereocenters. The molecule has 1 atom stereocenters. The van der Waals surface area contributed by atoms with Crippen molar-refractivity contribution in [3.63, 3.8) is 0 Å². The Morgan fingerprint density at radius 3 is 2.65 bits per heavy atom. The molecule has 1 aromatic carbocycles. The lowest BCUT2D eigenvalue weighted by Gasteiger charge is -2.26. The van der Waals surface area contributed by atoms with Crippen LogP contribution in [0.5, 0.6) is 11.5 Å². The summed E-state index contributed by atoms with van der Waals surface area (Å²) in [5, 5.41) is 3.20. The molecular formula is C20H26N2O4. The van der Waals surface area contributed by atoms with Crippen molar-refractivity contribution in [3.8, 4) is 11.5 Å². The van der Waals surface area contributed by atoms with Gasteiger partial charge in [-0.05, 0) is 37.0 Å². The van der Waals surface area contributed by atoms with Crippen LogP contribution in [0, 0.1) is 0 Å². The molecule has 26 heavy (non-hydrogen) atoms. The van der Waals surface area contributed by atoms with Crippen molar-refractivity contribution in [3.05, 3.63) is 23.8 Å². The van der Waals surface area contributed by atoms with Crippen LogP contribution in [-0.4, -0.2) is 35.6 Å². The average Bonchev–Trinajstić information content (AvgIpc) is 3.15. The Kier molecular flexibility index (Phi) is 5.00. The highest BCUT2D eigenvalue weighted by Crippen LogP contribution is 2.33. The van der Waals surface area contributed by atoms with E-state index >= 15 is 0 Å². The molecule has 1 saturated carbocycles.